The molecule has 1 heterocycles. The molecule has 1 rings (SSSR count). The quantitative estimate of drug-likeness (QED) is 0.609. The van der Waals surface area contributed by atoms with Gasteiger partial charge in [-0.15, -0.1) is 0 Å². The van der Waals surface area contributed by atoms with Crippen molar-refractivity contribution in [3.8, 4) is 0 Å². The minimum absolute atomic E-state index is 0. The van der Waals surface area contributed by atoms with E-state index in [1.807, 2.05) is 20.8 Å². The molecule has 3 heteroatoms. The maximum atomic E-state index is 4.10. The topological polar surface area (TPSA) is 27.0 Å². The Balaban J connectivity index is 0. The molecule has 0 radical (unpaired) electrons. The van der Waals surface area contributed by atoms with Crippen molar-refractivity contribution in [2.45, 2.75) is 20.8 Å². The van der Waals surface area contributed by atoms with Crippen LogP contribution in [-0.2, 0) is 32.7 Å². The molecule has 0 atom stereocenters. The molecule has 0 bridgehead atoms. The van der Waals surface area contributed by atoms with Crippen LogP contribution in [0.1, 0.15) is 17.2 Å². The first-order valence-corrected chi connectivity index (χ1v) is 2.64. The summed E-state index contributed by atoms with van der Waals surface area (Å²) >= 11 is 0. The molecule has 0 saturated heterocycles. The minimum Gasteiger partial charge on any atom is -0.444 e. The van der Waals surface area contributed by atoms with Crippen LogP contribution in [0.2, 0.25) is 0 Å². The summed E-state index contributed by atoms with van der Waals surface area (Å²) in [5.74, 6) is 0.875. The van der Waals surface area contributed by atoms with Crippen LogP contribution in [0.4, 0.5) is 0 Å². The first-order chi connectivity index (χ1) is 3.70. The second kappa shape index (κ2) is 5.03. The first kappa shape index (κ1) is 12.9. The Morgan fingerprint density at radius 1 is 1.20 bits per heavy atom. The fourth-order valence-electron chi connectivity index (χ4n) is 0.672. The first-order valence-electron chi connectivity index (χ1n) is 2.64. The van der Waals surface area contributed by atoms with Gasteiger partial charge in [0.25, 0.3) is 0 Å². The van der Waals surface area contributed by atoms with E-state index in [2.05, 4.69) is 9.97 Å². The molecule has 1 aromatic heterocycles. The Labute approximate surface area is 87.7 Å². The molecule has 0 saturated carbocycles. The number of rotatable bonds is 0. The molecule has 2 nitrogen and oxygen atoms in total. The van der Waals surface area contributed by atoms with Crippen LogP contribution in [0, 0.1) is 28.2 Å². The second-order valence-corrected chi connectivity index (χ2v) is 1.94. The number of imidazole rings is 1. The van der Waals surface area contributed by atoms with E-state index in [1.54, 1.807) is 0 Å². The van der Waals surface area contributed by atoms with E-state index >= 15 is 0 Å². The van der Waals surface area contributed by atoms with E-state index in [9.17, 15) is 0 Å². The molecular formula is C7H12N2Y+. The molecule has 0 amide bonds. The molecule has 0 N–H and O–H groups in total. The zero-order valence-electron chi connectivity index (χ0n) is 6.97. The third-order valence-electron chi connectivity index (χ3n) is 1.18. The van der Waals surface area contributed by atoms with Gasteiger partial charge in [-0.3, -0.25) is 0 Å². The van der Waals surface area contributed by atoms with E-state index in [0.717, 1.165) is 17.2 Å². The average molecular weight is 213 g/mol. The van der Waals surface area contributed by atoms with Crippen LogP contribution < -0.4 is 4.98 Å². The molecular weight excluding hydrogens is 201 g/mol. The molecule has 0 fully saturated rings. The normalized spacial score (nSPS) is 7.90. The third-order valence-corrected chi connectivity index (χ3v) is 1.18. The van der Waals surface area contributed by atoms with Gasteiger partial charge >= 0.3 is 32.7 Å². The average Bonchev–Trinajstić information content (AvgIpc) is 1.85. The molecule has 0 aliphatic rings. The van der Waals surface area contributed by atoms with Crippen molar-refractivity contribution in [1.82, 2.24) is 9.97 Å². The molecule has 0 spiro atoms. The SMILES string of the molecule is Cc1nc(C)c(C)[n-]1.[CH3-].[Y+3]. The Morgan fingerprint density at radius 3 is 1.80 bits per heavy atom. The Hall–Kier alpha value is 0.314. The number of nitrogens with zero attached hydrogens (tertiary/aromatic N) is 2. The van der Waals surface area contributed by atoms with Crippen molar-refractivity contribution < 1.29 is 32.7 Å². The molecule has 0 aromatic carbocycles. The largest absolute Gasteiger partial charge is 3.00 e. The maximum Gasteiger partial charge on any atom is 3.00 e. The van der Waals surface area contributed by atoms with E-state index in [4.69, 9.17) is 0 Å². The number of aryl methyl sites for hydroxylation is 3. The maximum absolute atomic E-state index is 4.10. The number of hydrogen-bond donors (Lipinski definition) is 0. The van der Waals surface area contributed by atoms with Crippen LogP contribution in [0.5, 0.6) is 0 Å². The van der Waals surface area contributed by atoms with Gasteiger partial charge in [0.05, 0.1) is 0 Å². The predicted octanol–water partition coefficient (Wildman–Crippen LogP) is 1.41. The minimum atomic E-state index is 0. The summed E-state index contributed by atoms with van der Waals surface area (Å²) in [5, 5.41) is 0. The monoisotopic (exact) mass is 213 g/mol. The Kier molecular flexibility index (Phi) is 6.51. The molecule has 0 unspecified atom stereocenters. The van der Waals surface area contributed by atoms with Crippen molar-refractivity contribution >= 4 is 0 Å². The zero-order valence-corrected chi connectivity index (χ0v) is 9.81. The summed E-state index contributed by atoms with van der Waals surface area (Å²) in [4.78, 5) is 8.20. The molecule has 52 valence electrons. The molecule has 10 heavy (non-hydrogen) atoms. The van der Waals surface area contributed by atoms with Crippen molar-refractivity contribution in [2.75, 3.05) is 0 Å². The molecule has 0 aliphatic heterocycles. The number of aromatic nitrogens is 2. The number of hydrogen-bond acceptors (Lipinski definition) is 1. The summed E-state index contributed by atoms with van der Waals surface area (Å²) < 4.78 is 0. The molecule has 0 aliphatic carbocycles. The van der Waals surface area contributed by atoms with Gasteiger partial charge in [0.15, 0.2) is 0 Å². The van der Waals surface area contributed by atoms with Gasteiger partial charge in [-0.2, -0.15) is 0 Å². The Bertz CT molecular complexity index is 174. The van der Waals surface area contributed by atoms with Gasteiger partial charge in [0, 0.05) is 0 Å². The fourth-order valence-corrected chi connectivity index (χ4v) is 0.672. The van der Waals surface area contributed by atoms with Crippen molar-refractivity contribution in [2.24, 2.45) is 0 Å². The van der Waals surface area contributed by atoms with E-state index in [0.29, 0.717) is 0 Å². The van der Waals surface area contributed by atoms with Gasteiger partial charge in [0.2, 0.25) is 0 Å². The van der Waals surface area contributed by atoms with Crippen molar-refractivity contribution in [1.29, 1.82) is 0 Å². The predicted molar refractivity (Wildman–Crippen MR) is 38.2 cm³/mol. The summed E-state index contributed by atoms with van der Waals surface area (Å²) in [6, 6.07) is 0. The zero-order chi connectivity index (χ0) is 6.15. The van der Waals surface area contributed by atoms with Crippen molar-refractivity contribution in [3.05, 3.63) is 24.6 Å². The van der Waals surface area contributed by atoms with Crippen LogP contribution in [0.15, 0.2) is 0 Å². The summed E-state index contributed by atoms with van der Waals surface area (Å²) in [6.45, 7) is 5.84. The van der Waals surface area contributed by atoms with E-state index < -0.39 is 0 Å². The van der Waals surface area contributed by atoms with Crippen LogP contribution in [0.25, 0.3) is 0 Å². The smallest absolute Gasteiger partial charge is 0.444 e. The van der Waals surface area contributed by atoms with Gasteiger partial charge in [-0.25, -0.2) is 0 Å². The molecule has 1 aromatic rings. The summed E-state index contributed by atoms with van der Waals surface area (Å²) in [6.07, 6.45) is 0. The van der Waals surface area contributed by atoms with E-state index in [1.165, 1.54) is 0 Å². The van der Waals surface area contributed by atoms with E-state index in [-0.39, 0.29) is 40.1 Å². The van der Waals surface area contributed by atoms with Gasteiger partial charge in [-0.1, -0.05) is 17.2 Å². The standard InChI is InChI=1S/C6H9N2.CH3.Y/c1-4-5(2)8-6(3)7-4;;/h1-3H3;1H3;/q2*-1;+3. The fraction of sp³-hybridized carbons (Fsp3) is 0.429. The second-order valence-electron chi connectivity index (χ2n) is 1.94. The summed E-state index contributed by atoms with van der Waals surface area (Å²) in [5.41, 5.74) is 2.09. The van der Waals surface area contributed by atoms with Gasteiger partial charge < -0.3 is 17.4 Å². The van der Waals surface area contributed by atoms with Gasteiger partial charge in [-0.05, 0) is 20.8 Å². The van der Waals surface area contributed by atoms with Crippen LogP contribution >= 0.6 is 0 Å². The van der Waals surface area contributed by atoms with Crippen LogP contribution in [0.3, 0.4) is 0 Å². The van der Waals surface area contributed by atoms with Gasteiger partial charge in [0.1, 0.15) is 0 Å². The van der Waals surface area contributed by atoms with Crippen LogP contribution in [-0.4, -0.2) is 4.98 Å². The van der Waals surface area contributed by atoms with Crippen molar-refractivity contribution in [3.63, 3.8) is 0 Å². The Morgan fingerprint density at radius 2 is 1.70 bits per heavy atom. The third kappa shape index (κ3) is 2.93. The summed E-state index contributed by atoms with van der Waals surface area (Å²) in [7, 11) is 0.